The third-order valence-corrected chi connectivity index (χ3v) is 5.45. The minimum absolute atomic E-state index is 0.00353. The van der Waals surface area contributed by atoms with Crippen LogP contribution in [0.3, 0.4) is 0 Å². The van der Waals surface area contributed by atoms with E-state index >= 15 is 0 Å². The van der Waals surface area contributed by atoms with E-state index in [0.717, 1.165) is 0 Å². The van der Waals surface area contributed by atoms with E-state index in [2.05, 4.69) is 15.1 Å². The van der Waals surface area contributed by atoms with E-state index in [1.165, 1.54) is 18.7 Å². The summed E-state index contributed by atoms with van der Waals surface area (Å²) >= 11 is 0. The van der Waals surface area contributed by atoms with Crippen molar-refractivity contribution in [1.82, 2.24) is 19.8 Å². The number of hydrogen-bond acceptors (Lipinski definition) is 6. The average Bonchev–Trinajstić information content (AvgIpc) is 2.75. The van der Waals surface area contributed by atoms with Gasteiger partial charge in [0.1, 0.15) is 10.9 Å². The smallest absolute Gasteiger partial charge is 0.326 e. The highest BCUT2D eigenvalue weighted by molar-refractivity contribution is 7.89. The van der Waals surface area contributed by atoms with Crippen LogP contribution in [0.15, 0.2) is 4.90 Å². The normalized spacial score (nSPS) is 14.1. The Labute approximate surface area is 146 Å². The van der Waals surface area contributed by atoms with Gasteiger partial charge in [-0.2, -0.15) is 9.82 Å². The Morgan fingerprint density at radius 2 is 1.96 bits per heavy atom. The van der Waals surface area contributed by atoms with Crippen molar-refractivity contribution in [2.75, 3.05) is 13.7 Å². The van der Waals surface area contributed by atoms with Gasteiger partial charge in [0.15, 0.2) is 0 Å². The van der Waals surface area contributed by atoms with Gasteiger partial charge in [-0.25, -0.2) is 13.2 Å². The van der Waals surface area contributed by atoms with E-state index in [0.29, 0.717) is 11.4 Å². The molecule has 25 heavy (non-hydrogen) atoms. The van der Waals surface area contributed by atoms with Crippen LogP contribution in [0.5, 0.6) is 0 Å². The summed E-state index contributed by atoms with van der Waals surface area (Å²) in [6.07, 6.45) is 0.0673. The first-order valence-electron chi connectivity index (χ1n) is 7.56. The maximum Gasteiger partial charge on any atom is 0.326 e. The Morgan fingerprint density at radius 1 is 1.36 bits per heavy atom. The van der Waals surface area contributed by atoms with Crippen molar-refractivity contribution in [3.05, 3.63) is 11.4 Å². The van der Waals surface area contributed by atoms with Gasteiger partial charge in [0, 0.05) is 27.2 Å². The molecule has 1 heterocycles. The molecule has 2 atom stereocenters. The van der Waals surface area contributed by atoms with Gasteiger partial charge in [-0.1, -0.05) is 0 Å². The molecule has 0 saturated heterocycles. The number of amides is 1. The number of aromatic nitrogens is 2. The highest BCUT2D eigenvalue weighted by atomic mass is 32.2. The lowest BCUT2D eigenvalue weighted by Crippen LogP contribution is -2.50. The molecule has 10 nitrogen and oxygen atoms in total. The summed E-state index contributed by atoms with van der Waals surface area (Å²) in [5, 5.41) is 15.4. The van der Waals surface area contributed by atoms with Crippen LogP contribution in [0.25, 0.3) is 0 Å². The number of nitrogens with zero attached hydrogens (tertiary/aromatic N) is 2. The van der Waals surface area contributed by atoms with E-state index < -0.39 is 34.0 Å². The van der Waals surface area contributed by atoms with Crippen LogP contribution in [0.1, 0.15) is 24.7 Å². The standard InChI is InChI=1S/C14H24N4O6S/c1-8-12(10(3)18(4)16-8)25(22,23)17-9(2)13(19)15-11(14(20)21)6-7-24-5/h9,11,17H,6-7H2,1-5H3,(H,15,19)(H,20,21). The molecule has 2 unspecified atom stereocenters. The number of rotatable bonds is 9. The molecule has 0 aliphatic heterocycles. The number of carbonyl (C=O) groups excluding carboxylic acids is 1. The van der Waals surface area contributed by atoms with E-state index in [-0.39, 0.29) is 17.9 Å². The number of aryl methyl sites for hydroxylation is 2. The molecular weight excluding hydrogens is 352 g/mol. The predicted octanol–water partition coefficient (Wildman–Crippen LogP) is -0.690. The summed E-state index contributed by atoms with van der Waals surface area (Å²) in [4.78, 5) is 23.3. The van der Waals surface area contributed by atoms with Crippen molar-refractivity contribution in [3.63, 3.8) is 0 Å². The van der Waals surface area contributed by atoms with Crippen LogP contribution in [-0.2, 0) is 31.4 Å². The van der Waals surface area contributed by atoms with Crippen molar-refractivity contribution < 1.29 is 27.9 Å². The summed E-state index contributed by atoms with van der Waals surface area (Å²) in [5.74, 6) is -1.97. The van der Waals surface area contributed by atoms with Crippen molar-refractivity contribution in [2.24, 2.45) is 7.05 Å². The fourth-order valence-corrected chi connectivity index (χ4v) is 3.92. The summed E-state index contributed by atoms with van der Waals surface area (Å²) in [6.45, 7) is 4.64. The lowest BCUT2D eigenvalue weighted by atomic mass is 10.2. The zero-order chi connectivity index (χ0) is 19.4. The van der Waals surface area contributed by atoms with Gasteiger partial charge in [-0.15, -0.1) is 0 Å². The Morgan fingerprint density at radius 3 is 2.40 bits per heavy atom. The molecule has 11 heteroatoms. The Hall–Kier alpha value is -1.98. The zero-order valence-corrected chi connectivity index (χ0v) is 15.7. The van der Waals surface area contributed by atoms with Crippen molar-refractivity contribution in [3.8, 4) is 0 Å². The molecule has 3 N–H and O–H groups in total. The molecule has 142 valence electrons. The number of hydrogen-bond donors (Lipinski definition) is 3. The Kier molecular flexibility index (Phi) is 7.08. The minimum atomic E-state index is -3.98. The molecule has 0 aliphatic rings. The van der Waals surface area contributed by atoms with Gasteiger partial charge in [0.25, 0.3) is 0 Å². The molecule has 0 radical (unpaired) electrons. The monoisotopic (exact) mass is 376 g/mol. The number of methoxy groups -OCH3 is 1. The summed E-state index contributed by atoms with van der Waals surface area (Å²) in [6, 6.07) is -2.32. The Balaban J connectivity index is 2.87. The highest BCUT2D eigenvalue weighted by Gasteiger charge is 2.29. The average molecular weight is 376 g/mol. The lowest BCUT2D eigenvalue weighted by Gasteiger charge is -2.18. The number of carbonyl (C=O) groups is 2. The first-order valence-corrected chi connectivity index (χ1v) is 9.04. The topological polar surface area (TPSA) is 140 Å². The third kappa shape index (κ3) is 5.25. The maximum atomic E-state index is 12.5. The number of carboxylic acid groups (broad SMARTS) is 1. The molecule has 1 aromatic heterocycles. The summed E-state index contributed by atoms with van der Waals surface area (Å²) in [5.41, 5.74) is 0.740. The van der Waals surface area contributed by atoms with E-state index in [1.54, 1.807) is 20.9 Å². The van der Waals surface area contributed by atoms with Crippen LogP contribution in [-0.4, -0.2) is 61.0 Å². The molecule has 0 aromatic carbocycles. The number of carboxylic acids is 1. The first kappa shape index (κ1) is 21.1. The quantitative estimate of drug-likeness (QED) is 0.518. The van der Waals surface area contributed by atoms with Gasteiger partial charge in [-0.3, -0.25) is 9.48 Å². The molecule has 0 bridgehead atoms. The van der Waals surface area contributed by atoms with Gasteiger partial charge >= 0.3 is 5.97 Å². The van der Waals surface area contributed by atoms with Gasteiger partial charge in [0.05, 0.1) is 17.4 Å². The van der Waals surface area contributed by atoms with Crippen molar-refractivity contribution >= 4 is 21.9 Å². The number of aliphatic carboxylic acids is 1. The van der Waals surface area contributed by atoms with E-state index in [9.17, 15) is 18.0 Å². The molecule has 1 aromatic rings. The second-order valence-corrected chi connectivity index (χ2v) is 7.30. The lowest BCUT2D eigenvalue weighted by molar-refractivity contribution is -0.142. The van der Waals surface area contributed by atoms with Gasteiger partial charge < -0.3 is 15.2 Å². The molecule has 0 saturated carbocycles. The molecule has 1 amide bonds. The van der Waals surface area contributed by atoms with E-state index in [1.807, 2.05) is 0 Å². The molecule has 0 fully saturated rings. The van der Waals surface area contributed by atoms with Crippen LogP contribution < -0.4 is 10.0 Å². The maximum absolute atomic E-state index is 12.5. The third-order valence-electron chi connectivity index (χ3n) is 3.66. The molecular formula is C14H24N4O6S. The van der Waals surface area contributed by atoms with Gasteiger partial charge in [-0.05, 0) is 20.8 Å². The van der Waals surface area contributed by atoms with Crippen LogP contribution in [0.2, 0.25) is 0 Å². The predicted molar refractivity (Wildman–Crippen MR) is 88.5 cm³/mol. The fraction of sp³-hybridized carbons (Fsp3) is 0.643. The van der Waals surface area contributed by atoms with Crippen molar-refractivity contribution in [1.29, 1.82) is 0 Å². The summed E-state index contributed by atoms with van der Waals surface area (Å²) in [7, 11) is -0.956. The van der Waals surface area contributed by atoms with Crippen molar-refractivity contribution in [2.45, 2.75) is 44.2 Å². The first-order chi connectivity index (χ1) is 11.5. The van der Waals surface area contributed by atoms with Gasteiger partial charge in [0.2, 0.25) is 15.9 Å². The number of ether oxygens (including phenoxy) is 1. The zero-order valence-electron chi connectivity index (χ0n) is 14.9. The summed E-state index contributed by atoms with van der Waals surface area (Å²) < 4.78 is 33.5. The fourth-order valence-electron chi connectivity index (χ4n) is 2.28. The molecule has 0 spiro atoms. The SMILES string of the molecule is COCCC(NC(=O)C(C)NS(=O)(=O)c1c(C)nn(C)c1C)C(=O)O. The molecule has 1 rings (SSSR count). The van der Waals surface area contributed by atoms with Crippen LogP contribution >= 0.6 is 0 Å². The van der Waals surface area contributed by atoms with Crippen LogP contribution in [0.4, 0.5) is 0 Å². The highest BCUT2D eigenvalue weighted by Crippen LogP contribution is 2.18. The minimum Gasteiger partial charge on any atom is -0.480 e. The molecule has 0 aliphatic carbocycles. The number of sulfonamides is 1. The second kappa shape index (κ2) is 8.41. The largest absolute Gasteiger partial charge is 0.480 e. The van der Waals surface area contributed by atoms with Crippen LogP contribution in [0, 0.1) is 13.8 Å². The van der Waals surface area contributed by atoms with E-state index in [4.69, 9.17) is 9.84 Å². The Bertz CT molecular complexity index is 743. The second-order valence-electron chi connectivity index (χ2n) is 5.65. The number of nitrogens with one attached hydrogen (secondary N) is 2.